The van der Waals surface area contributed by atoms with Gasteiger partial charge in [0.2, 0.25) is 0 Å². The molecule has 0 aliphatic rings. The average molecular weight is 571 g/mol. The van der Waals surface area contributed by atoms with E-state index in [1.54, 1.807) is 8.87 Å². The second kappa shape index (κ2) is 22.0. The third-order valence-corrected chi connectivity index (χ3v) is 12.3. The Hall–Kier alpha value is -0.521. The van der Waals surface area contributed by atoms with Crippen LogP contribution in [-0.2, 0) is 9.59 Å². The van der Waals surface area contributed by atoms with Gasteiger partial charge in [-0.25, -0.2) is 0 Å². The minimum absolute atomic E-state index is 0.0482. The van der Waals surface area contributed by atoms with Crippen molar-refractivity contribution < 1.29 is 19.8 Å². The van der Waals surface area contributed by atoms with Crippen molar-refractivity contribution in [2.24, 2.45) is 23.7 Å². The average Bonchev–Trinajstić information content (AvgIpc) is 2.74. The molecule has 0 bridgehead atoms. The monoisotopic (exact) mass is 572 g/mol. The van der Waals surface area contributed by atoms with Crippen LogP contribution in [0.2, 0.25) is 8.87 Å². The van der Waals surface area contributed by atoms with Crippen molar-refractivity contribution in [3.8, 4) is 0 Å². The number of rotatable bonds is 18. The molecular formula is C28H52O4Sn. The van der Waals surface area contributed by atoms with Crippen molar-refractivity contribution in [1.82, 2.24) is 0 Å². The number of hydrogen-bond donors (Lipinski definition) is 0. The molecule has 0 amide bonds. The Morgan fingerprint density at radius 1 is 0.667 bits per heavy atom. The van der Waals surface area contributed by atoms with Crippen molar-refractivity contribution >= 4 is 33.1 Å². The Morgan fingerprint density at radius 2 is 1.00 bits per heavy atom. The molecule has 4 nitrogen and oxygen atoms in total. The van der Waals surface area contributed by atoms with Crippen molar-refractivity contribution in [1.29, 1.82) is 0 Å². The van der Waals surface area contributed by atoms with Crippen LogP contribution in [0.4, 0.5) is 0 Å². The zero-order valence-corrected chi connectivity index (χ0v) is 25.8. The Bertz CT molecular complexity index is 494. The fourth-order valence-corrected chi connectivity index (χ4v) is 7.56. The first kappa shape index (κ1) is 34.6. The van der Waals surface area contributed by atoms with Crippen LogP contribution in [0.1, 0.15) is 120 Å². The largest absolute Gasteiger partial charge is 0.545 e. The van der Waals surface area contributed by atoms with Gasteiger partial charge in [0.1, 0.15) is 0 Å². The van der Waals surface area contributed by atoms with Gasteiger partial charge < -0.3 is 19.8 Å². The molecule has 5 heteroatoms. The zero-order chi connectivity index (χ0) is 25.8. The molecule has 0 radical (unpaired) electrons. The Morgan fingerprint density at radius 3 is 1.21 bits per heavy atom. The Kier molecular flexibility index (Phi) is 23.1. The van der Waals surface area contributed by atoms with Gasteiger partial charge in [-0.3, -0.25) is 0 Å². The van der Waals surface area contributed by atoms with Gasteiger partial charge in [-0.15, -0.1) is 0 Å². The van der Waals surface area contributed by atoms with Gasteiger partial charge in [-0.05, 0) is 35.8 Å². The molecular weight excluding hydrogens is 519 g/mol. The number of carbonyl (C=O) groups excluding carboxylic acids is 2. The third-order valence-electron chi connectivity index (χ3n) is 6.03. The van der Waals surface area contributed by atoms with E-state index < -0.39 is 11.9 Å². The number of unbranched alkanes of at least 4 members (excludes halogenated alkanes) is 2. The van der Waals surface area contributed by atoms with E-state index in [1.165, 1.54) is 0 Å². The summed E-state index contributed by atoms with van der Waals surface area (Å²) in [6.07, 6.45) is 8.18. The summed E-state index contributed by atoms with van der Waals surface area (Å²) in [7, 11) is 0. The topological polar surface area (TPSA) is 80.3 Å². The molecule has 0 saturated carbocycles. The Labute approximate surface area is 215 Å². The summed E-state index contributed by atoms with van der Waals surface area (Å²) >= 11 is 0.0709. The number of aliphatic carboxylic acids is 2. The molecule has 192 valence electrons. The summed E-state index contributed by atoms with van der Waals surface area (Å²) in [5, 5.41) is 23.2. The van der Waals surface area contributed by atoms with Gasteiger partial charge >= 0.3 is 69.5 Å². The molecule has 0 rings (SSSR count). The van der Waals surface area contributed by atoms with Crippen LogP contribution < -0.4 is 10.2 Å². The van der Waals surface area contributed by atoms with E-state index in [-0.39, 0.29) is 57.0 Å². The summed E-state index contributed by atoms with van der Waals surface area (Å²) in [5.41, 5.74) is -0.0965. The van der Waals surface area contributed by atoms with Crippen LogP contribution in [0, 0.1) is 23.7 Å². The van der Waals surface area contributed by atoms with Gasteiger partial charge in [-0.2, -0.15) is 0 Å². The van der Waals surface area contributed by atoms with Crippen LogP contribution in [0.15, 0.2) is 11.1 Å². The van der Waals surface area contributed by atoms with Gasteiger partial charge in [0, 0.05) is 0 Å². The molecule has 0 aliphatic carbocycles. The first-order chi connectivity index (χ1) is 15.5. The normalized spacial score (nSPS) is 13.6. The molecule has 0 fully saturated rings. The van der Waals surface area contributed by atoms with E-state index >= 15 is 0 Å². The summed E-state index contributed by atoms with van der Waals surface area (Å²) < 4.78 is 3.14. The fraction of sp³-hybridized carbons (Fsp3) is 0.857. The number of carboxylic acid groups (broad SMARTS) is 2. The maximum absolute atomic E-state index is 11.6. The molecule has 33 heavy (non-hydrogen) atoms. The van der Waals surface area contributed by atoms with Crippen molar-refractivity contribution in [3.05, 3.63) is 11.1 Å². The quantitative estimate of drug-likeness (QED) is 0.153. The second-order valence-electron chi connectivity index (χ2n) is 10.2. The molecule has 0 aromatic rings. The van der Waals surface area contributed by atoms with E-state index in [1.807, 2.05) is 13.8 Å². The summed E-state index contributed by atoms with van der Waals surface area (Å²) in [6, 6.07) is 0. The minimum atomic E-state index is -1.35. The van der Waals surface area contributed by atoms with Crippen LogP contribution in [0.3, 0.4) is 0 Å². The maximum atomic E-state index is 11.6. The molecule has 0 heterocycles. The predicted molar refractivity (Wildman–Crippen MR) is 138 cm³/mol. The molecule has 0 saturated heterocycles. The van der Waals surface area contributed by atoms with E-state index in [0.717, 1.165) is 63.2 Å². The zero-order valence-electron chi connectivity index (χ0n) is 22.9. The van der Waals surface area contributed by atoms with Gasteiger partial charge in [0.15, 0.2) is 0 Å². The predicted octanol–water partition coefficient (Wildman–Crippen LogP) is 5.84. The van der Waals surface area contributed by atoms with Crippen LogP contribution >= 0.6 is 0 Å². The van der Waals surface area contributed by atoms with Gasteiger partial charge in [0.05, 0.1) is 11.9 Å². The smallest absolute Gasteiger partial charge is 0.0678 e. The van der Waals surface area contributed by atoms with Crippen LogP contribution in [0.25, 0.3) is 0 Å². The van der Waals surface area contributed by atoms with Gasteiger partial charge in [0.25, 0.3) is 0 Å². The van der Waals surface area contributed by atoms with Gasteiger partial charge in [-0.1, -0.05) is 79.1 Å². The number of carboxylic acids is 2. The molecule has 0 aliphatic heterocycles. The Balaban J connectivity index is 0. The molecule has 0 N–H and O–H groups in total. The molecule has 0 spiro atoms. The molecule has 0 aromatic carbocycles. The number of carbonyl (C=O) groups is 2. The first-order valence-corrected chi connectivity index (χ1v) is 17.4. The first-order valence-electron chi connectivity index (χ1n) is 13.4. The van der Waals surface area contributed by atoms with Crippen molar-refractivity contribution in [3.63, 3.8) is 0 Å². The molecule has 0 aromatic heterocycles. The second-order valence-corrected chi connectivity index (χ2v) is 14.0. The fourth-order valence-electron chi connectivity index (χ4n) is 3.78. The van der Waals surface area contributed by atoms with Crippen LogP contribution in [-0.4, -0.2) is 33.1 Å². The third kappa shape index (κ3) is 19.5. The maximum Gasteiger partial charge on any atom is 0.0678 e. The van der Waals surface area contributed by atoms with Crippen molar-refractivity contribution in [2.75, 3.05) is 0 Å². The van der Waals surface area contributed by atoms with E-state index in [4.69, 9.17) is 0 Å². The molecule has 2 unspecified atom stereocenters. The van der Waals surface area contributed by atoms with E-state index in [0.29, 0.717) is 0 Å². The summed E-state index contributed by atoms with van der Waals surface area (Å²) in [5.74, 6) is -0.402. The summed E-state index contributed by atoms with van der Waals surface area (Å²) in [6.45, 7) is 17.6. The van der Waals surface area contributed by atoms with Crippen molar-refractivity contribution in [2.45, 2.75) is 128 Å². The number of hydrogen-bond acceptors (Lipinski definition) is 4. The van der Waals surface area contributed by atoms with E-state index in [2.05, 4.69) is 41.5 Å². The van der Waals surface area contributed by atoms with Crippen LogP contribution in [0.5, 0.6) is 0 Å². The minimum Gasteiger partial charge on any atom is -0.545 e. The standard InChI is InChI=1S/C20H36O4.2C4H9.Sn/c1-5-9-11-15(7-3)13-17(19(21)22)18(20(23)24)14-16(8-4)12-10-6-2;2*1-4(2)3;/h15-16H,5-14H2,1-4H3,(H,21,22)(H,23,24);2*4H,1H2,2-3H3;/q;;;+2/p-2/b18-17-;;;. The molecule has 2 atom stereocenters. The van der Waals surface area contributed by atoms with E-state index in [9.17, 15) is 19.8 Å². The SMILES string of the molecule is CC(C)[CH2][Sn+2][CH2]C(C)C.CCCCC(CC)C/C(C(=O)[O-])=C(\CC(CC)CCCC)C(=O)[O-]. The summed E-state index contributed by atoms with van der Waals surface area (Å²) in [4.78, 5) is 23.2.